The lowest BCUT2D eigenvalue weighted by atomic mass is 9.91. The number of carbonyl (C=O) groups excluding carboxylic acids is 5. The molecule has 0 radical (unpaired) electrons. The molecule has 3 N–H and O–H groups in total. The van der Waals surface area contributed by atoms with Gasteiger partial charge in [0.2, 0.25) is 17.7 Å². The number of hydrogen-bond donors (Lipinski definition) is 3. The van der Waals surface area contributed by atoms with Crippen LogP contribution in [0.5, 0.6) is 0 Å². The molecule has 1 fully saturated rings. The third-order valence-corrected chi connectivity index (χ3v) is 12.9. The Morgan fingerprint density at radius 1 is 0.915 bits per heavy atom. The van der Waals surface area contributed by atoms with Crippen LogP contribution in [0.4, 0.5) is 10.5 Å². The van der Waals surface area contributed by atoms with Gasteiger partial charge >= 0.3 is 6.03 Å². The van der Waals surface area contributed by atoms with Crippen LogP contribution in [0.2, 0.25) is 5.02 Å². The number of halogens is 1. The normalized spacial score (nSPS) is 18.7. The van der Waals surface area contributed by atoms with Gasteiger partial charge in [-0.05, 0) is 70.7 Å². The summed E-state index contributed by atoms with van der Waals surface area (Å²) in [4.78, 5) is 74.4. The number of nitrogens with one attached hydrogen (secondary N) is 3. The maximum Gasteiger partial charge on any atom is 0.325 e. The van der Waals surface area contributed by atoms with Gasteiger partial charge in [0.1, 0.15) is 29.0 Å². The Morgan fingerprint density at radius 3 is 2.32 bits per heavy atom. The lowest BCUT2D eigenvalue weighted by Crippen LogP contribution is -2.57. The molecule has 1 unspecified atom stereocenters. The molecule has 6 amide bonds. The second-order valence-corrected chi connectivity index (χ2v) is 17.2. The van der Waals surface area contributed by atoms with Crippen molar-refractivity contribution >= 4 is 64.0 Å². The first-order valence-electron chi connectivity index (χ1n) is 20.3. The first-order valence-corrected chi connectivity index (χ1v) is 21.5. The molecule has 7 rings (SSSR count). The number of fused-ring (bicyclic) bond motifs is 4. The molecule has 2 aromatic carbocycles. The van der Waals surface area contributed by atoms with E-state index in [4.69, 9.17) is 16.6 Å². The fraction of sp³-hybridized carbons (Fsp3) is 0.442. The number of nitrogens with zero attached hydrogens (tertiary/aromatic N) is 6. The SMILES string of the molecule is Cc1sc2c(c1C)C(c1ccc(Cl)cc1)=N[C@@H](CC(=O)NCCCCCCCCNC(=O)CN1C(=O)C(C)(N3CCCC(=O)NC3=O)c3ccccc31)c1nnc(C)n1-2. The molecule has 310 valence electrons. The van der Waals surface area contributed by atoms with E-state index in [0.717, 1.165) is 71.8 Å². The molecular formula is C43H50ClN9O5S. The molecule has 2 aromatic heterocycles. The minimum Gasteiger partial charge on any atom is -0.356 e. The van der Waals surface area contributed by atoms with Gasteiger partial charge in [0.05, 0.1) is 17.8 Å². The van der Waals surface area contributed by atoms with Crippen LogP contribution in [-0.4, -0.2) is 81.2 Å². The van der Waals surface area contributed by atoms with Crippen molar-refractivity contribution in [2.45, 2.75) is 97.1 Å². The van der Waals surface area contributed by atoms with E-state index in [1.165, 1.54) is 14.7 Å². The van der Waals surface area contributed by atoms with E-state index in [0.29, 0.717) is 41.6 Å². The highest BCUT2D eigenvalue weighted by atomic mass is 35.5. The maximum absolute atomic E-state index is 13.9. The minimum atomic E-state index is -1.34. The number of rotatable bonds is 15. The highest BCUT2D eigenvalue weighted by Crippen LogP contribution is 2.44. The summed E-state index contributed by atoms with van der Waals surface area (Å²) in [5.41, 5.74) is 3.78. The molecule has 14 nitrogen and oxygen atoms in total. The highest BCUT2D eigenvalue weighted by molar-refractivity contribution is 7.15. The molecule has 2 atom stereocenters. The number of aromatic nitrogens is 3. The lowest BCUT2D eigenvalue weighted by molar-refractivity contribution is -0.129. The van der Waals surface area contributed by atoms with E-state index in [1.807, 2.05) is 35.8 Å². The number of hydrogen-bond acceptors (Lipinski definition) is 9. The third-order valence-electron chi connectivity index (χ3n) is 11.5. The number of para-hydroxylation sites is 1. The quantitative estimate of drug-likeness (QED) is 0.117. The Hall–Kier alpha value is -5.41. The fourth-order valence-electron chi connectivity index (χ4n) is 8.19. The number of benzene rings is 2. The topological polar surface area (TPSA) is 171 Å². The van der Waals surface area contributed by atoms with Crippen LogP contribution >= 0.6 is 22.9 Å². The van der Waals surface area contributed by atoms with Crippen LogP contribution in [0.1, 0.15) is 110 Å². The van der Waals surface area contributed by atoms with Gasteiger partial charge in [0.15, 0.2) is 5.82 Å². The number of unbranched alkanes of at least 4 members (excludes halogenated alkanes) is 5. The van der Waals surface area contributed by atoms with E-state index in [-0.39, 0.29) is 49.6 Å². The fourth-order valence-corrected chi connectivity index (χ4v) is 9.53. The van der Waals surface area contributed by atoms with E-state index in [1.54, 1.807) is 42.5 Å². The predicted molar refractivity (Wildman–Crippen MR) is 227 cm³/mol. The zero-order valence-electron chi connectivity index (χ0n) is 33.9. The molecule has 59 heavy (non-hydrogen) atoms. The maximum atomic E-state index is 13.9. The number of urea groups is 1. The van der Waals surface area contributed by atoms with Crippen molar-refractivity contribution in [1.82, 2.24) is 35.6 Å². The molecule has 5 heterocycles. The Labute approximate surface area is 352 Å². The van der Waals surface area contributed by atoms with Crippen LogP contribution in [0.15, 0.2) is 53.5 Å². The van der Waals surface area contributed by atoms with Crippen molar-refractivity contribution in [3.05, 3.63) is 92.3 Å². The Morgan fingerprint density at radius 2 is 1.59 bits per heavy atom. The summed E-state index contributed by atoms with van der Waals surface area (Å²) >= 11 is 7.91. The van der Waals surface area contributed by atoms with Gasteiger partial charge in [-0.2, -0.15) is 0 Å². The lowest BCUT2D eigenvalue weighted by Gasteiger charge is -2.36. The van der Waals surface area contributed by atoms with Gasteiger partial charge in [0, 0.05) is 52.6 Å². The molecule has 0 aliphatic carbocycles. The second kappa shape index (κ2) is 17.8. The van der Waals surface area contributed by atoms with Crippen LogP contribution in [-0.2, 0) is 24.7 Å². The number of imide groups is 1. The Kier molecular flexibility index (Phi) is 12.6. The molecule has 1 saturated heterocycles. The summed E-state index contributed by atoms with van der Waals surface area (Å²) in [5, 5.41) is 18.9. The Balaban J connectivity index is 0.840. The summed E-state index contributed by atoms with van der Waals surface area (Å²) in [7, 11) is 0. The van der Waals surface area contributed by atoms with Crippen LogP contribution in [0.3, 0.4) is 0 Å². The van der Waals surface area contributed by atoms with Crippen LogP contribution in [0, 0.1) is 20.8 Å². The number of aryl methyl sites for hydroxylation is 2. The first kappa shape index (κ1) is 41.7. The van der Waals surface area contributed by atoms with Gasteiger partial charge < -0.3 is 20.4 Å². The molecule has 4 aromatic rings. The van der Waals surface area contributed by atoms with Crippen molar-refractivity contribution in [2.24, 2.45) is 4.99 Å². The molecular weight excluding hydrogens is 790 g/mol. The van der Waals surface area contributed by atoms with Gasteiger partial charge in [-0.3, -0.25) is 34.1 Å². The summed E-state index contributed by atoms with van der Waals surface area (Å²) in [6.07, 6.45) is 6.29. The largest absolute Gasteiger partial charge is 0.356 e. The zero-order chi connectivity index (χ0) is 41.8. The molecule has 0 bridgehead atoms. The van der Waals surface area contributed by atoms with Crippen LogP contribution < -0.4 is 20.9 Å². The Bertz CT molecular complexity index is 2300. The standard InChI is InChI=1S/C43H50ClN9O5S/c1-26-27(2)59-40-37(26)38(29-17-19-30(44)20-18-29)47-32(39-50-49-28(3)53(39)40)24-35(55)45-21-11-7-5-6-8-12-22-46-36(56)25-51-33-15-10-9-14-31(33)43(4,41(51)57)52-23-13-16-34(54)48-42(52)58/h9-10,14-15,17-20,32H,5-8,11-13,16,21-25H2,1-4H3,(H,45,55)(H,46,56)(H,48,54,58)/t32-,43?/m0/s1. The summed E-state index contributed by atoms with van der Waals surface area (Å²) < 4.78 is 2.05. The van der Waals surface area contributed by atoms with Crippen LogP contribution in [0.25, 0.3) is 5.00 Å². The summed E-state index contributed by atoms with van der Waals surface area (Å²) in [6, 6.07) is 13.7. The monoisotopic (exact) mass is 839 g/mol. The second-order valence-electron chi connectivity index (χ2n) is 15.5. The van der Waals surface area contributed by atoms with Crippen molar-refractivity contribution in [1.29, 1.82) is 0 Å². The van der Waals surface area contributed by atoms with Crippen molar-refractivity contribution in [2.75, 3.05) is 31.1 Å². The summed E-state index contributed by atoms with van der Waals surface area (Å²) in [5.74, 6) is 0.276. The highest BCUT2D eigenvalue weighted by Gasteiger charge is 2.53. The van der Waals surface area contributed by atoms with Crippen molar-refractivity contribution < 1.29 is 24.0 Å². The number of anilines is 1. The van der Waals surface area contributed by atoms with E-state index in [2.05, 4.69) is 40.0 Å². The number of carbonyl (C=O) groups is 5. The van der Waals surface area contributed by atoms with Crippen molar-refractivity contribution in [3.8, 4) is 5.00 Å². The number of thiophene rings is 1. The van der Waals surface area contributed by atoms with E-state index in [9.17, 15) is 24.0 Å². The average molecular weight is 840 g/mol. The first-order chi connectivity index (χ1) is 28.4. The van der Waals surface area contributed by atoms with Gasteiger partial charge in [0.25, 0.3) is 5.91 Å². The summed E-state index contributed by atoms with van der Waals surface area (Å²) in [6.45, 7) is 8.92. The zero-order valence-corrected chi connectivity index (χ0v) is 35.5. The predicted octanol–water partition coefficient (Wildman–Crippen LogP) is 6.36. The van der Waals surface area contributed by atoms with Gasteiger partial charge in [-0.1, -0.05) is 67.6 Å². The molecule has 3 aliphatic rings. The van der Waals surface area contributed by atoms with E-state index < -0.39 is 17.6 Å². The molecule has 0 saturated carbocycles. The number of amides is 6. The number of aliphatic imine (C=N–C) groups is 1. The molecule has 16 heteroatoms. The molecule has 0 spiro atoms. The third kappa shape index (κ3) is 8.53. The van der Waals surface area contributed by atoms with E-state index >= 15 is 0 Å². The van der Waals surface area contributed by atoms with Gasteiger partial charge in [-0.15, -0.1) is 21.5 Å². The smallest absolute Gasteiger partial charge is 0.325 e. The average Bonchev–Trinajstić information content (AvgIpc) is 3.71. The van der Waals surface area contributed by atoms with Gasteiger partial charge in [-0.25, -0.2) is 4.79 Å². The van der Waals surface area contributed by atoms with Crippen molar-refractivity contribution in [3.63, 3.8) is 0 Å². The molecule has 3 aliphatic heterocycles. The minimum absolute atomic E-state index is 0.0945.